The van der Waals surface area contributed by atoms with Crippen LogP contribution in [-0.4, -0.2) is 18.7 Å². The van der Waals surface area contributed by atoms with Crippen LogP contribution in [0.1, 0.15) is 38.7 Å². The molecule has 1 aliphatic rings. The van der Waals surface area contributed by atoms with Gasteiger partial charge in [0.1, 0.15) is 6.61 Å². The molecule has 19 heavy (non-hydrogen) atoms. The van der Waals surface area contributed by atoms with E-state index in [1.54, 1.807) is 0 Å². The molecule has 0 saturated carbocycles. The molecule has 0 radical (unpaired) electrons. The van der Waals surface area contributed by atoms with Crippen molar-refractivity contribution in [3.8, 4) is 0 Å². The van der Waals surface area contributed by atoms with Crippen LogP contribution in [0.5, 0.6) is 0 Å². The normalized spacial score (nSPS) is 20.0. The molecule has 0 bridgehead atoms. The molecule has 1 fully saturated rings. The van der Waals surface area contributed by atoms with Crippen LogP contribution in [0.25, 0.3) is 0 Å². The first-order chi connectivity index (χ1) is 9.10. The fourth-order valence-electron chi connectivity index (χ4n) is 2.35. The van der Waals surface area contributed by atoms with Crippen LogP contribution in [0.2, 0.25) is 0 Å². The lowest BCUT2D eigenvalue weighted by Gasteiger charge is -2.34. The van der Waals surface area contributed by atoms with Gasteiger partial charge < -0.3 is 9.47 Å². The summed E-state index contributed by atoms with van der Waals surface area (Å²) < 4.78 is 11.1. The summed E-state index contributed by atoms with van der Waals surface area (Å²) >= 11 is 0. The number of hydrogen-bond acceptors (Lipinski definition) is 3. The average molecular weight is 262 g/mol. The lowest BCUT2D eigenvalue weighted by Crippen LogP contribution is -2.41. The maximum atomic E-state index is 12.2. The average Bonchev–Trinajstić information content (AvgIpc) is 2.46. The third-order valence-electron chi connectivity index (χ3n) is 3.72. The zero-order valence-corrected chi connectivity index (χ0v) is 11.7. The molecule has 0 amide bonds. The van der Waals surface area contributed by atoms with Crippen LogP contribution in [0.4, 0.5) is 0 Å². The highest BCUT2D eigenvalue weighted by Gasteiger charge is 2.39. The molecule has 104 valence electrons. The molecular formula is C16H22O3. The fraction of sp³-hybridized carbons (Fsp3) is 0.562. The van der Waals surface area contributed by atoms with Crippen LogP contribution >= 0.6 is 0 Å². The van der Waals surface area contributed by atoms with E-state index >= 15 is 0 Å². The van der Waals surface area contributed by atoms with Crippen LogP contribution in [0, 0.1) is 5.41 Å². The molecule has 1 atom stereocenters. The minimum atomic E-state index is -0.574. The van der Waals surface area contributed by atoms with Crippen molar-refractivity contribution in [2.45, 2.75) is 45.8 Å². The Balaban J connectivity index is 1.90. The van der Waals surface area contributed by atoms with Gasteiger partial charge in [0.25, 0.3) is 0 Å². The highest BCUT2D eigenvalue weighted by Crippen LogP contribution is 2.31. The molecule has 3 nitrogen and oxygen atoms in total. The maximum Gasteiger partial charge on any atom is 0.314 e. The van der Waals surface area contributed by atoms with Gasteiger partial charge in [-0.25, -0.2) is 0 Å². The van der Waals surface area contributed by atoms with Crippen LogP contribution in [-0.2, 0) is 20.9 Å². The summed E-state index contributed by atoms with van der Waals surface area (Å²) in [5.41, 5.74) is 0.436. The number of carbonyl (C=O) groups excluding carboxylic acids is 1. The summed E-state index contributed by atoms with van der Waals surface area (Å²) in [5, 5.41) is 0. The number of ether oxygens (including phenoxy) is 2. The Morgan fingerprint density at radius 3 is 2.68 bits per heavy atom. The standard InChI is InChI=1S/C16H22O3/c1-16(2,14-10-6-7-11-18-14)15(17)19-12-13-8-4-3-5-9-13/h3-5,8-9,14H,6-7,10-12H2,1-2H3/t14-/m0/s1. The Morgan fingerprint density at radius 2 is 2.05 bits per heavy atom. The largest absolute Gasteiger partial charge is 0.460 e. The van der Waals surface area contributed by atoms with Crippen molar-refractivity contribution in [1.29, 1.82) is 0 Å². The summed E-state index contributed by atoms with van der Waals surface area (Å²) in [6.07, 6.45) is 3.13. The first-order valence-electron chi connectivity index (χ1n) is 6.93. The van der Waals surface area contributed by atoms with E-state index in [1.165, 1.54) is 0 Å². The Morgan fingerprint density at radius 1 is 1.32 bits per heavy atom. The van der Waals surface area contributed by atoms with Gasteiger partial charge in [0, 0.05) is 6.61 Å². The van der Waals surface area contributed by atoms with E-state index in [0.717, 1.165) is 31.4 Å². The van der Waals surface area contributed by atoms with E-state index in [9.17, 15) is 4.79 Å². The smallest absolute Gasteiger partial charge is 0.314 e. The molecule has 1 heterocycles. The van der Waals surface area contributed by atoms with Crippen LogP contribution in [0.3, 0.4) is 0 Å². The van der Waals surface area contributed by atoms with Gasteiger partial charge in [-0.05, 0) is 38.7 Å². The predicted octanol–water partition coefficient (Wildman–Crippen LogP) is 3.33. The topological polar surface area (TPSA) is 35.5 Å². The summed E-state index contributed by atoms with van der Waals surface area (Å²) in [7, 11) is 0. The Labute approximate surface area is 114 Å². The second kappa shape index (κ2) is 6.20. The van der Waals surface area contributed by atoms with Crippen molar-refractivity contribution < 1.29 is 14.3 Å². The van der Waals surface area contributed by atoms with E-state index < -0.39 is 5.41 Å². The second-order valence-corrected chi connectivity index (χ2v) is 5.64. The SMILES string of the molecule is CC(C)(C(=O)OCc1ccccc1)[C@@H]1CCCCO1. The molecule has 0 aliphatic carbocycles. The molecule has 1 saturated heterocycles. The molecule has 1 aromatic rings. The number of carbonyl (C=O) groups is 1. The Bertz CT molecular complexity index is 405. The molecule has 0 aromatic heterocycles. The monoisotopic (exact) mass is 262 g/mol. The number of esters is 1. The van der Waals surface area contributed by atoms with Crippen molar-refractivity contribution in [3.05, 3.63) is 35.9 Å². The highest BCUT2D eigenvalue weighted by molar-refractivity contribution is 5.76. The van der Waals surface area contributed by atoms with Gasteiger partial charge >= 0.3 is 5.97 Å². The van der Waals surface area contributed by atoms with Crippen molar-refractivity contribution in [2.75, 3.05) is 6.61 Å². The predicted molar refractivity (Wildman–Crippen MR) is 73.6 cm³/mol. The molecule has 2 rings (SSSR count). The second-order valence-electron chi connectivity index (χ2n) is 5.64. The summed E-state index contributed by atoms with van der Waals surface area (Å²) in [5.74, 6) is -0.178. The summed E-state index contributed by atoms with van der Waals surface area (Å²) in [4.78, 5) is 12.2. The molecular weight excluding hydrogens is 240 g/mol. The van der Waals surface area contributed by atoms with E-state index in [2.05, 4.69) is 0 Å². The molecule has 0 spiro atoms. The van der Waals surface area contributed by atoms with Gasteiger partial charge in [0.05, 0.1) is 11.5 Å². The van der Waals surface area contributed by atoms with E-state index in [1.807, 2.05) is 44.2 Å². The van der Waals surface area contributed by atoms with E-state index in [-0.39, 0.29) is 12.1 Å². The highest BCUT2D eigenvalue weighted by atomic mass is 16.5. The maximum absolute atomic E-state index is 12.2. The Kier molecular flexibility index (Phi) is 4.59. The summed E-state index contributed by atoms with van der Waals surface area (Å²) in [6, 6.07) is 9.75. The van der Waals surface area contributed by atoms with Gasteiger partial charge in [0.2, 0.25) is 0 Å². The third-order valence-corrected chi connectivity index (χ3v) is 3.72. The van der Waals surface area contributed by atoms with Gasteiger partial charge in [-0.3, -0.25) is 4.79 Å². The van der Waals surface area contributed by atoms with Crippen LogP contribution in [0.15, 0.2) is 30.3 Å². The van der Waals surface area contributed by atoms with Gasteiger partial charge in [-0.1, -0.05) is 30.3 Å². The van der Waals surface area contributed by atoms with Crippen molar-refractivity contribution in [1.82, 2.24) is 0 Å². The molecule has 0 N–H and O–H groups in total. The zero-order chi connectivity index (χ0) is 13.7. The quantitative estimate of drug-likeness (QED) is 0.781. The van der Waals surface area contributed by atoms with Crippen molar-refractivity contribution in [3.63, 3.8) is 0 Å². The van der Waals surface area contributed by atoms with E-state index in [4.69, 9.17) is 9.47 Å². The molecule has 0 unspecified atom stereocenters. The third kappa shape index (κ3) is 3.57. The lowest BCUT2D eigenvalue weighted by atomic mass is 9.83. The molecule has 3 heteroatoms. The first-order valence-corrected chi connectivity index (χ1v) is 6.93. The number of benzene rings is 1. The Hall–Kier alpha value is -1.35. The minimum absolute atomic E-state index is 0.0236. The minimum Gasteiger partial charge on any atom is -0.460 e. The number of hydrogen-bond donors (Lipinski definition) is 0. The van der Waals surface area contributed by atoms with Crippen molar-refractivity contribution in [2.24, 2.45) is 5.41 Å². The van der Waals surface area contributed by atoms with Gasteiger partial charge in [-0.2, -0.15) is 0 Å². The first kappa shape index (κ1) is 14.1. The van der Waals surface area contributed by atoms with Gasteiger partial charge in [0.15, 0.2) is 0 Å². The van der Waals surface area contributed by atoms with Gasteiger partial charge in [-0.15, -0.1) is 0 Å². The summed E-state index contributed by atoms with van der Waals surface area (Å²) in [6.45, 7) is 4.91. The lowest BCUT2D eigenvalue weighted by molar-refractivity contribution is -0.167. The number of rotatable bonds is 4. The zero-order valence-electron chi connectivity index (χ0n) is 11.7. The van der Waals surface area contributed by atoms with Crippen LogP contribution < -0.4 is 0 Å². The fourth-order valence-corrected chi connectivity index (χ4v) is 2.35. The van der Waals surface area contributed by atoms with Crippen molar-refractivity contribution >= 4 is 5.97 Å². The molecule has 1 aliphatic heterocycles. The molecule has 1 aromatic carbocycles. The van der Waals surface area contributed by atoms with E-state index in [0.29, 0.717) is 6.61 Å².